The van der Waals surface area contributed by atoms with Crippen LogP contribution in [0.25, 0.3) is 0 Å². The third-order valence-electron chi connectivity index (χ3n) is 1.60. The summed E-state index contributed by atoms with van der Waals surface area (Å²) in [5, 5.41) is 0.431. The van der Waals surface area contributed by atoms with Gasteiger partial charge in [0.05, 0.1) is 21.3 Å². The lowest BCUT2D eigenvalue weighted by Crippen LogP contribution is -2.08. The van der Waals surface area contributed by atoms with E-state index >= 15 is 0 Å². The van der Waals surface area contributed by atoms with Gasteiger partial charge >= 0.3 is 5.97 Å². The molecule has 0 spiro atoms. The Balaban J connectivity index is 2.91. The van der Waals surface area contributed by atoms with Crippen molar-refractivity contribution in [3.63, 3.8) is 0 Å². The van der Waals surface area contributed by atoms with Crippen LogP contribution in [0.2, 0.25) is 10.0 Å². The summed E-state index contributed by atoms with van der Waals surface area (Å²) in [5.74, 6) is -0.567. The fraction of sp³-hybridized carbons (Fsp3) is 0.222. The van der Waals surface area contributed by atoms with Crippen molar-refractivity contribution in [2.45, 2.75) is 0 Å². The van der Waals surface area contributed by atoms with Gasteiger partial charge in [0.1, 0.15) is 0 Å². The molecule has 0 aliphatic carbocycles. The zero-order valence-electron chi connectivity index (χ0n) is 7.92. The zero-order chi connectivity index (χ0) is 11.4. The summed E-state index contributed by atoms with van der Waals surface area (Å²) in [4.78, 5) is 11.4. The van der Waals surface area contributed by atoms with Crippen molar-refractivity contribution in [2.24, 2.45) is 0 Å². The Kier molecular flexibility index (Phi) is 4.20. The van der Waals surface area contributed by atoms with Crippen LogP contribution in [0.15, 0.2) is 12.1 Å². The van der Waals surface area contributed by atoms with Crippen molar-refractivity contribution in [3.8, 4) is 0 Å². The molecule has 6 heteroatoms. The second kappa shape index (κ2) is 5.21. The molecule has 0 heterocycles. The molecule has 0 aliphatic rings. The number of carbonyl (C=O) groups is 1. The van der Waals surface area contributed by atoms with Crippen molar-refractivity contribution < 1.29 is 14.3 Å². The van der Waals surface area contributed by atoms with E-state index in [2.05, 4.69) is 4.74 Å². The standard InChI is InChI=1S/C9H9Cl2NO3/c1-14-4-15-9(13)5-2-6(10)8(11)7(12)3-5/h2-3H,4,12H2,1H3. The molecule has 1 rings (SSSR count). The SMILES string of the molecule is COCOC(=O)c1cc(N)c(Cl)c(Cl)c1. The number of carbonyl (C=O) groups excluding carboxylic acids is 1. The molecular weight excluding hydrogens is 241 g/mol. The minimum atomic E-state index is -0.567. The number of hydrogen-bond acceptors (Lipinski definition) is 4. The van der Waals surface area contributed by atoms with Crippen LogP contribution < -0.4 is 5.73 Å². The Morgan fingerprint density at radius 2 is 2.13 bits per heavy atom. The van der Waals surface area contributed by atoms with E-state index in [-0.39, 0.29) is 28.1 Å². The van der Waals surface area contributed by atoms with Crippen LogP contribution in [0.5, 0.6) is 0 Å². The lowest BCUT2D eigenvalue weighted by atomic mass is 10.2. The average Bonchev–Trinajstić information content (AvgIpc) is 2.21. The smallest absolute Gasteiger partial charge is 0.340 e. The summed E-state index contributed by atoms with van der Waals surface area (Å²) in [7, 11) is 1.41. The Morgan fingerprint density at radius 3 is 2.67 bits per heavy atom. The highest BCUT2D eigenvalue weighted by atomic mass is 35.5. The maximum absolute atomic E-state index is 11.4. The summed E-state index contributed by atoms with van der Waals surface area (Å²) in [5.41, 5.74) is 6.00. The first-order valence-electron chi connectivity index (χ1n) is 3.97. The topological polar surface area (TPSA) is 61.5 Å². The predicted octanol–water partition coefficient (Wildman–Crippen LogP) is 2.34. The highest BCUT2D eigenvalue weighted by Crippen LogP contribution is 2.29. The molecule has 0 bridgehead atoms. The average molecular weight is 250 g/mol. The van der Waals surface area contributed by atoms with Gasteiger partial charge < -0.3 is 15.2 Å². The molecule has 4 nitrogen and oxygen atoms in total. The molecule has 0 saturated carbocycles. The Hall–Kier alpha value is -0.970. The van der Waals surface area contributed by atoms with Gasteiger partial charge in [-0.2, -0.15) is 0 Å². The van der Waals surface area contributed by atoms with Crippen molar-refractivity contribution in [3.05, 3.63) is 27.7 Å². The molecule has 2 N–H and O–H groups in total. The quantitative estimate of drug-likeness (QED) is 0.508. The van der Waals surface area contributed by atoms with Crippen LogP contribution in [0.3, 0.4) is 0 Å². The van der Waals surface area contributed by atoms with Crippen molar-refractivity contribution >= 4 is 34.9 Å². The number of hydrogen-bond donors (Lipinski definition) is 1. The second-order valence-electron chi connectivity index (χ2n) is 2.70. The number of anilines is 1. The Morgan fingerprint density at radius 1 is 1.47 bits per heavy atom. The van der Waals surface area contributed by atoms with Crippen molar-refractivity contribution in [1.82, 2.24) is 0 Å². The van der Waals surface area contributed by atoms with Gasteiger partial charge in [0, 0.05) is 7.11 Å². The molecule has 1 aromatic rings. The summed E-state index contributed by atoms with van der Waals surface area (Å²) in [6.07, 6.45) is 0. The number of benzene rings is 1. The number of rotatable bonds is 3. The molecule has 0 aromatic heterocycles. The minimum absolute atomic E-state index is 0.126. The van der Waals surface area contributed by atoms with Crippen LogP contribution >= 0.6 is 23.2 Å². The molecule has 0 fully saturated rings. The van der Waals surface area contributed by atoms with Crippen molar-refractivity contribution in [1.29, 1.82) is 0 Å². The van der Waals surface area contributed by atoms with Gasteiger partial charge in [0.25, 0.3) is 0 Å². The fourth-order valence-corrected chi connectivity index (χ4v) is 1.26. The molecule has 0 atom stereocenters. The highest BCUT2D eigenvalue weighted by molar-refractivity contribution is 6.43. The van der Waals surface area contributed by atoms with Gasteiger partial charge in [-0.3, -0.25) is 0 Å². The predicted molar refractivity (Wildman–Crippen MR) is 58.2 cm³/mol. The zero-order valence-corrected chi connectivity index (χ0v) is 9.43. The number of nitrogens with two attached hydrogens (primary N) is 1. The lowest BCUT2D eigenvalue weighted by molar-refractivity contribution is -0.0124. The summed E-state index contributed by atoms with van der Waals surface area (Å²) in [6.45, 7) is -0.126. The van der Waals surface area contributed by atoms with Gasteiger partial charge in [-0.1, -0.05) is 23.2 Å². The van der Waals surface area contributed by atoms with Crippen LogP contribution in [0, 0.1) is 0 Å². The highest BCUT2D eigenvalue weighted by Gasteiger charge is 2.12. The van der Waals surface area contributed by atoms with Crippen LogP contribution in [-0.4, -0.2) is 19.9 Å². The molecule has 0 radical (unpaired) electrons. The third kappa shape index (κ3) is 2.99. The third-order valence-corrected chi connectivity index (χ3v) is 2.42. The normalized spacial score (nSPS) is 10.1. The molecule has 0 aliphatic heterocycles. The van der Waals surface area contributed by atoms with Gasteiger partial charge in [0.2, 0.25) is 0 Å². The van der Waals surface area contributed by atoms with Crippen molar-refractivity contribution in [2.75, 3.05) is 19.6 Å². The first-order chi connectivity index (χ1) is 7.06. The lowest BCUT2D eigenvalue weighted by Gasteiger charge is -2.06. The van der Waals surface area contributed by atoms with E-state index < -0.39 is 5.97 Å². The number of esters is 1. The summed E-state index contributed by atoms with van der Waals surface area (Å²) in [6, 6.07) is 2.78. The molecule has 82 valence electrons. The molecule has 0 unspecified atom stereocenters. The summed E-state index contributed by atoms with van der Waals surface area (Å²) >= 11 is 11.5. The van der Waals surface area contributed by atoms with Gasteiger partial charge in [0.15, 0.2) is 6.79 Å². The number of ether oxygens (including phenoxy) is 2. The van der Waals surface area contributed by atoms with E-state index in [4.69, 9.17) is 33.7 Å². The van der Waals surface area contributed by atoms with E-state index in [1.54, 1.807) is 0 Å². The molecule has 15 heavy (non-hydrogen) atoms. The second-order valence-corrected chi connectivity index (χ2v) is 3.48. The van der Waals surface area contributed by atoms with Gasteiger partial charge in [-0.25, -0.2) is 4.79 Å². The van der Waals surface area contributed by atoms with E-state index in [0.29, 0.717) is 0 Å². The Labute approximate surface area is 96.9 Å². The minimum Gasteiger partial charge on any atom is -0.435 e. The van der Waals surface area contributed by atoms with E-state index in [0.717, 1.165) is 0 Å². The van der Waals surface area contributed by atoms with E-state index in [1.807, 2.05) is 0 Å². The molecule has 0 amide bonds. The number of nitrogen functional groups attached to an aromatic ring is 1. The largest absolute Gasteiger partial charge is 0.435 e. The van der Waals surface area contributed by atoms with E-state index in [9.17, 15) is 4.79 Å². The van der Waals surface area contributed by atoms with E-state index in [1.165, 1.54) is 19.2 Å². The van der Waals surface area contributed by atoms with Gasteiger partial charge in [-0.05, 0) is 12.1 Å². The maximum Gasteiger partial charge on any atom is 0.340 e. The van der Waals surface area contributed by atoms with Crippen LogP contribution in [-0.2, 0) is 9.47 Å². The first kappa shape index (κ1) is 12.1. The van der Waals surface area contributed by atoms with Crippen LogP contribution in [0.1, 0.15) is 10.4 Å². The first-order valence-corrected chi connectivity index (χ1v) is 4.72. The maximum atomic E-state index is 11.4. The van der Waals surface area contributed by atoms with Crippen LogP contribution in [0.4, 0.5) is 5.69 Å². The summed E-state index contributed by atoms with van der Waals surface area (Å²) < 4.78 is 9.29. The number of halogens is 2. The fourth-order valence-electron chi connectivity index (χ4n) is 0.924. The van der Waals surface area contributed by atoms with Gasteiger partial charge in [-0.15, -0.1) is 0 Å². The molecule has 0 saturated heterocycles. The Bertz CT molecular complexity index is 359. The molecular formula is C9H9Cl2NO3. The monoisotopic (exact) mass is 249 g/mol. The number of methoxy groups -OCH3 is 1. The molecule has 1 aromatic carbocycles.